The number of carbonyl (C=O) groups excluding carboxylic acids is 1. The Balaban J connectivity index is 5.14. The van der Waals surface area contributed by atoms with Crippen LogP contribution >= 0.6 is 11.8 Å². The molecule has 0 saturated heterocycles. The molecule has 0 aromatic carbocycles. The second-order valence-electron chi connectivity index (χ2n) is 5.90. The smallest absolute Gasteiger partial charge is 0.211 e. The van der Waals surface area contributed by atoms with E-state index in [0.29, 0.717) is 24.6 Å². The van der Waals surface area contributed by atoms with Crippen LogP contribution in [0.1, 0.15) is 25.7 Å². The molecule has 16 heteroatoms. The Morgan fingerprint density at radius 1 is 0.633 bits per heavy atom. The highest BCUT2D eigenvalue weighted by Gasteiger charge is 2.90. The van der Waals surface area contributed by atoms with Crippen molar-refractivity contribution >= 4 is 17.8 Å². The van der Waals surface area contributed by atoms with E-state index in [9.17, 15) is 61.9 Å². The fourth-order valence-electron chi connectivity index (χ4n) is 1.88. The monoisotopic (exact) mass is 491 g/mol. The van der Waals surface area contributed by atoms with Crippen molar-refractivity contribution in [2.45, 2.75) is 61.5 Å². The zero-order chi connectivity index (χ0) is 24.1. The van der Waals surface area contributed by atoms with Crippen molar-refractivity contribution in [3.63, 3.8) is 0 Å². The number of halogens is 13. The summed E-state index contributed by atoms with van der Waals surface area (Å²) in [6.45, 7) is 0.115. The molecule has 0 aromatic rings. The van der Waals surface area contributed by atoms with Crippen LogP contribution in [0, 0.1) is 0 Å². The summed E-state index contributed by atoms with van der Waals surface area (Å²) in [6.07, 6.45) is -7.28. The maximum Gasteiger partial charge on any atom is 0.460 e. The summed E-state index contributed by atoms with van der Waals surface area (Å²) in [5.74, 6) is -37.5. The summed E-state index contributed by atoms with van der Waals surface area (Å²) in [5.41, 5.74) is 0. The first kappa shape index (κ1) is 28.8. The molecule has 0 aromatic heterocycles. The van der Waals surface area contributed by atoms with E-state index in [1.165, 1.54) is 6.08 Å². The van der Waals surface area contributed by atoms with E-state index in [1.54, 1.807) is 0 Å². The summed E-state index contributed by atoms with van der Waals surface area (Å²) in [5, 5.41) is 0. The van der Waals surface area contributed by atoms with E-state index in [2.05, 4.69) is 4.99 Å². The van der Waals surface area contributed by atoms with Gasteiger partial charge in [0.05, 0.1) is 6.54 Å². The number of nitrogens with zero attached hydrogens (tertiary/aromatic N) is 1. The Morgan fingerprint density at radius 3 is 1.60 bits per heavy atom. The molecule has 30 heavy (non-hydrogen) atoms. The summed E-state index contributed by atoms with van der Waals surface area (Å²) >= 11 is 0.506. The second-order valence-corrected chi connectivity index (χ2v) is 7.12. The van der Waals surface area contributed by atoms with Crippen LogP contribution in [-0.2, 0) is 4.79 Å². The van der Waals surface area contributed by atoms with Crippen LogP contribution in [0.4, 0.5) is 57.1 Å². The highest BCUT2D eigenvalue weighted by atomic mass is 32.2. The van der Waals surface area contributed by atoms with Crippen molar-refractivity contribution in [2.24, 2.45) is 4.99 Å². The summed E-state index contributed by atoms with van der Waals surface area (Å²) in [4.78, 5) is 13.0. The molecule has 0 rings (SSSR count). The summed E-state index contributed by atoms with van der Waals surface area (Å²) in [7, 11) is 0. The molecule has 0 unspecified atom stereocenters. The third kappa shape index (κ3) is 5.74. The molecule has 0 spiro atoms. The highest BCUT2D eigenvalue weighted by Crippen LogP contribution is 2.60. The van der Waals surface area contributed by atoms with Gasteiger partial charge >= 0.3 is 35.8 Å². The number of thioether (sulfide) groups is 1. The van der Waals surface area contributed by atoms with Crippen LogP contribution in [-0.4, -0.2) is 59.9 Å². The minimum Gasteiger partial charge on any atom is -0.211 e. The van der Waals surface area contributed by atoms with Crippen molar-refractivity contribution < 1.29 is 61.9 Å². The van der Waals surface area contributed by atoms with E-state index in [-0.39, 0.29) is 18.7 Å². The van der Waals surface area contributed by atoms with Gasteiger partial charge in [0.15, 0.2) is 0 Å². The first-order valence-corrected chi connectivity index (χ1v) is 9.04. The zero-order valence-corrected chi connectivity index (χ0v) is 15.4. The van der Waals surface area contributed by atoms with Gasteiger partial charge in [-0.1, -0.05) is 6.42 Å². The number of rotatable bonds is 13. The first-order chi connectivity index (χ1) is 13.3. The fourth-order valence-corrected chi connectivity index (χ4v) is 2.89. The van der Waals surface area contributed by atoms with Crippen LogP contribution in [0.3, 0.4) is 0 Å². The van der Waals surface area contributed by atoms with E-state index < -0.39 is 48.0 Å². The lowest BCUT2D eigenvalue weighted by Crippen LogP contribution is -2.70. The summed E-state index contributed by atoms with van der Waals surface area (Å²) in [6, 6.07) is 0. The Hall–Kier alpha value is -1.18. The molecule has 0 heterocycles. The molecule has 0 amide bonds. The number of isocyanates is 1. The molecular formula is C14H14F13NOS. The standard InChI is InChI=1S/C14H14F13NOS/c15-9(16,4-7-30-6-3-1-2-5-28-8-29)10(17,18)11(19,20)12(21,22)13(23,24)14(25,26)27/h1-7H2. The van der Waals surface area contributed by atoms with Crippen LogP contribution in [0.2, 0.25) is 0 Å². The Morgan fingerprint density at radius 2 is 1.13 bits per heavy atom. The van der Waals surface area contributed by atoms with Gasteiger partial charge in [-0.15, -0.1) is 0 Å². The number of hydrogen-bond acceptors (Lipinski definition) is 3. The minimum absolute atomic E-state index is 0.0190. The average molecular weight is 491 g/mol. The topological polar surface area (TPSA) is 29.4 Å². The molecule has 178 valence electrons. The largest absolute Gasteiger partial charge is 0.460 e. The van der Waals surface area contributed by atoms with Crippen molar-refractivity contribution in [3.8, 4) is 0 Å². The van der Waals surface area contributed by atoms with Gasteiger partial charge in [0.25, 0.3) is 0 Å². The van der Waals surface area contributed by atoms with E-state index in [0.717, 1.165) is 0 Å². The lowest BCUT2D eigenvalue weighted by Gasteiger charge is -2.39. The lowest BCUT2D eigenvalue weighted by molar-refractivity contribution is -0.439. The maximum absolute atomic E-state index is 13.5. The normalized spacial score (nSPS) is 14.6. The molecule has 0 bridgehead atoms. The zero-order valence-electron chi connectivity index (χ0n) is 14.6. The molecule has 0 aliphatic heterocycles. The quantitative estimate of drug-likeness (QED) is 0.130. The minimum atomic E-state index is -7.86. The van der Waals surface area contributed by atoms with Crippen molar-refractivity contribution in [1.29, 1.82) is 0 Å². The first-order valence-electron chi connectivity index (χ1n) is 7.88. The molecule has 0 saturated carbocycles. The van der Waals surface area contributed by atoms with Gasteiger partial charge in [-0.05, 0) is 24.3 Å². The fraction of sp³-hybridized carbons (Fsp3) is 0.929. The van der Waals surface area contributed by atoms with Gasteiger partial charge in [-0.25, -0.2) is 9.79 Å². The van der Waals surface area contributed by atoms with E-state index in [1.807, 2.05) is 0 Å². The maximum atomic E-state index is 13.5. The molecule has 0 atom stereocenters. The predicted molar refractivity (Wildman–Crippen MR) is 79.6 cm³/mol. The summed E-state index contributed by atoms with van der Waals surface area (Å²) < 4.78 is 168. The van der Waals surface area contributed by atoms with Gasteiger partial charge in [0, 0.05) is 6.42 Å². The van der Waals surface area contributed by atoms with E-state index in [4.69, 9.17) is 0 Å². The molecule has 0 aliphatic carbocycles. The highest BCUT2D eigenvalue weighted by molar-refractivity contribution is 7.99. The lowest BCUT2D eigenvalue weighted by atomic mass is 9.93. The molecular weight excluding hydrogens is 477 g/mol. The van der Waals surface area contributed by atoms with Gasteiger partial charge in [0.2, 0.25) is 6.08 Å². The number of unbranched alkanes of at least 4 members (excludes halogenated alkanes) is 2. The van der Waals surface area contributed by atoms with Crippen molar-refractivity contribution in [1.82, 2.24) is 0 Å². The number of aliphatic imine (C=N–C) groups is 1. The van der Waals surface area contributed by atoms with Crippen molar-refractivity contribution in [2.75, 3.05) is 18.1 Å². The third-order valence-electron chi connectivity index (χ3n) is 3.68. The number of alkyl halides is 13. The molecule has 0 fully saturated rings. The van der Waals surface area contributed by atoms with Gasteiger partial charge in [-0.3, -0.25) is 0 Å². The Kier molecular flexibility index (Phi) is 9.57. The SMILES string of the molecule is O=C=NCCCCCSCCC(F)(F)C(F)(F)C(F)(F)C(F)(F)C(F)(F)C(F)(F)F. The van der Waals surface area contributed by atoms with Gasteiger partial charge in [-0.2, -0.15) is 68.8 Å². The number of hydrogen-bond donors (Lipinski definition) is 0. The molecule has 2 nitrogen and oxygen atoms in total. The third-order valence-corrected chi connectivity index (χ3v) is 4.75. The van der Waals surface area contributed by atoms with Crippen LogP contribution in [0.25, 0.3) is 0 Å². The Bertz CT molecular complexity index is 599. The van der Waals surface area contributed by atoms with E-state index >= 15 is 0 Å². The molecule has 0 aliphatic rings. The molecule has 0 radical (unpaired) electrons. The van der Waals surface area contributed by atoms with Gasteiger partial charge in [0.1, 0.15) is 0 Å². The predicted octanol–water partition coefficient (Wildman–Crippen LogP) is 6.35. The van der Waals surface area contributed by atoms with Crippen LogP contribution < -0.4 is 0 Å². The van der Waals surface area contributed by atoms with Crippen LogP contribution in [0.15, 0.2) is 4.99 Å². The van der Waals surface area contributed by atoms with Crippen molar-refractivity contribution in [3.05, 3.63) is 0 Å². The second kappa shape index (κ2) is 9.96. The van der Waals surface area contributed by atoms with Gasteiger partial charge < -0.3 is 0 Å². The Labute approximate surface area is 165 Å². The van der Waals surface area contributed by atoms with Crippen LogP contribution in [0.5, 0.6) is 0 Å². The average Bonchev–Trinajstić information content (AvgIpc) is 2.58. The molecule has 0 N–H and O–H groups in total.